The van der Waals surface area contributed by atoms with Gasteiger partial charge in [0, 0.05) is 5.69 Å². The molecule has 1 heterocycles. The van der Waals surface area contributed by atoms with Crippen molar-refractivity contribution in [2.75, 3.05) is 6.26 Å². The van der Waals surface area contributed by atoms with Crippen LogP contribution in [0.15, 0.2) is 11.1 Å². The number of aromatic nitrogens is 2. The first kappa shape index (κ1) is 7.66. The minimum Gasteiger partial charge on any atom is -0.281 e. The fourth-order valence-electron chi connectivity index (χ4n) is 0.718. The van der Waals surface area contributed by atoms with Crippen LogP contribution in [0.1, 0.15) is 25.5 Å². The molecule has 0 saturated carbocycles. The molecule has 0 atom stereocenters. The number of rotatable bonds is 2. The molecule has 10 heavy (non-hydrogen) atoms. The number of aromatic amines is 1. The second-order valence-electron chi connectivity index (χ2n) is 2.52. The quantitative estimate of drug-likeness (QED) is 0.665. The smallest absolute Gasteiger partial charge is 0.118 e. The monoisotopic (exact) mass is 156 g/mol. The third-order valence-corrected chi connectivity index (χ3v) is 2.03. The molecule has 2 nitrogen and oxygen atoms in total. The van der Waals surface area contributed by atoms with E-state index in [0.29, 0.717) is 5.92 Å². The number of H-pyrrole nitrogens is 1. The van der Waals surface area contributed by atoms with Gasteiger partial charge >= 0.3 is 0 Å². The molecule has 0 fully saturated rings. The standard InChI is InChI=1S/C7H12N2S/c1-5(2)6-4-7(10-3)9-8-6/h4-5H,1-3H3,(H,8,9). The van der Waals surface area contributed by atoms with Crippen molar-refractivity contribution in [3.8, 4) is 0 Å². The molecule has 0 spiro atoms. The van der Waals surface area contributed by atoms with Crippen LogP contribution in [0.4, 0.5) is 0 Å². The van der Waals surface area contributed by atoms with E-state index in [1.807, 2.05) is 6.26 Å². The molecular weight excluding hydrogens is 144 g/mol. The Morgan fingerprint density at radius 2 is 2.30 bits per heavy atom. The summed E-state index contributed by atoms with van der Waals surface area (Å²) in [6.45, 7) is 4.30. The topological polar surface area (TPSA) is 28.7 Å². The van der Waals surface area contributed by atoms with Crippen molar-refractivity contribution in [2.24, 2.45) is 0 Å². The number of hydrogen-bond acceptors (Lipinski definition) is 2. The molecule has 1 rings (SSSR count). The Labute approximate surface area is 65.4 Å². The highest BCUT2D eigenvalue weighted by atomic mass is 32.2. The van der Waals surface area contributed by atoms with E-state index in [4.69, 9.17) is 0 Å². The van der Waals surface area contributed by atoms with Gasteiger partial charge in [-0.25, -0.2) is 0 Å². The summed E-state index contributed by atoms with van der Waals surface area (Å²) in [5.74, 6) is 0.549. The molecule has 0 unspecified atom stereocenters. The molecular formula is C7H12N2S. The zero-order valence-corrected chi connectivity index (χ0v) is 7.33. The Balaban J connectivity index is 2.78. The van der Waals surface area contributed by atoms with E-state index in [1.165, 1.54) is 5.69 Å². The van der Waals surface area contributed by atoms with Gasteiger partial charge in [0.15, 0.2) is 0 Å². The van der Waals surface area contributed by atoms with Gasteiger partial charge in [-0.15, -0.1) is 11.8 Å². The molecule has 0 aliphatic rings. The molecule has 0 radical (unpaired) electrons. The molecule has 0 aromatic carbocycles. The van der Waals surface area contributed by atoms with Crippen LogP contribution >= 0.6 is 11.8 Å². The Kier molecular flexibility index (Phi) is 2.38. The molecule has 0 saturated heterocycles. The number of hydrogen-bond donors (Lipinski definition) is 1. The van der Waals surface area contributed by atoms with Gasteiger partial charge in [0.25, 0.3) is 0 Å². The first-order valence-corrected chi connectivity index (χ1v) is 4.56. The van der Waals surface area contributed by atoms with Crippen molar-refractivity contribution in [2.45, 2.75) is 24.8 Å². The molecule has 1 aromatic heterocycles. The Morgan fingerprint density at radius 3 is 2.60 bits per heavy atom. The number of nitrogens with zero attached hydrogens (tertiary/aromatic N) is 1. The molecule has 56 valence electrons. The van der Waals surface area contributed by atoms with Crippen molar-refractivity contribution in [3.63, 3.8) is 0 Å². The summed E-state index contributed by atoms with van der Waals surface area (Å²) in [5, 5.41) is 8.15. The highest BCUT2D eigenvalue weighted by molar-refractivity contribution is 7.98. The maximum Gasteiger partial charge on any atom is 0.118 e. The second kappa shape index (κ2) is 3.10. The maximum absolute atomic E-state index is 4.09. The van der Waals surface area contributed by atoms with Crippen LogP contribution in [0.25, 0.3) is 0 Å². The summed E-state index contributed by atoms with van der Waals surface area (Å²) in [7, 11) is 0. The largest absolute Gasteiger partial charge is 0.281 e. The molecule has 0 aliphatic carbocycles. The lowest BCUT2D eigenvalue weighted by Gasteiger charge is -1.95. The van der Waals surface area contributed by atoms with E-state index in [9.17, 15) is 0 Å². The van der Waals surface area contributed by atoms with E-state index >= 15 is 0 Å². The molecule has 1 aromatic rings. The first-order valence-electron chi connectivity index (χ1n) is 3.33. The lowest BCUT2D eigenvalue weighted by Crippen LogP contribution is -1.85. The number of nitrogens with one attached hydrogen (secondary N) is 1. The van der Waals surface area contributed by atoms with Crippen molar-refractivity contribution < 1.29 is 0 Å². The summed E-state index contributed by atoms with van der Waals surface area (Å²) < 4.78 is 0. The minimum atomic E-state index is 0.549. The second-order valence-corrected chi connectivity index (χ2v) is 3.35. The maximum atomic E-state index is 4.09. The summed E-state index contributed by atoms with van der Waals surface area (Å²) >= 11 is 1.66. The minimum absolute atomic E-state index is 0.549. The predicted octanol–water partition coefficient (Wildman–Crippen LogP) is 2.25. The molecule has 1 N–H and O–H groups in total. The average Bonchev–Trinajstić information content (AvgIpc) is 2.34. The van der Waals surface area contributed by atoms with Gasteiger partial charge in [-0.2, -0.15) is 5.10 Å². The lowest BCUT2D eigenvalue weighted by molar-refractivity contribution is 0.808. The fourth-order valence-corrected chi connectivity index (χ4v) is 1.10. The van der Waals surface area contributed by atoms with E-state index in [2.05, 4.69) is 30.1 Å². The molecule has 0 bridgehead atoms. The summed E-state index contributed by atoms with van der Waals surface area (Å²) in [6.07, 6.45) is 2.03. The van der Waals surface area contributed by atoms with E-state index < -0.39 is 0 Å². The zero-order chi connectivity index (χ0) is 7.56. The van der Waals surface area contributed by atoms with Gasteiger partial charge in [0.1, 0.15) is 5.03 Å². The Hall–Kier alpha value is -0.440. The lowest BCUT2D eigenvalue weighted by atomic mass is 10.1. The third-order valence-electron chi connectivity index (χ3n) is 1.41. The number of thioether (sulfide) groups is 1. The Morgan fingerprint density at radius 1 is 1.60 bits per heavy atom. The highest BCUT2D eigenvalue weighted by Gasteiger charge is 2.02. The van der Waals surface area contributed by atoms with Crippen LogP contribution < -0.4 is 0 Å². The molecule has 0 amide bonds. The van der Waals surface area contributed by atoms with Gasteiger partial charge in [-0.05, 0) is 18.2 Å². The predicted molar refractivity (Wildman–Crippen MR) is 44.5 cm³/mol. The summed E-state index contributed by atoms with van der Waals surface area (Å²) in [5.41, 5.74) is 1.21. The third kappa shape index (κ3) is 1.53. The SMILES string of the molecule is CSc1cc(C(C)C)[nH]n1. The Bertz CT molecular complexity index is 205. The van der Waals surface area contributed by atoms with Gasteiger partial charge in [-0.3, -0.25) is 5.10 Å². The van der Waals surface area contributed by atoms with Crippen LogP contribution in [-0.4, -0.2) is 16.5 Å². The van der Waals surface area contributed by atoms with Gasteiger partial charge in [0.05, 0.1) is 0 Å². The highest BCUT2D eigenvalue weighted by Crippen LogP contribution is 2.17. The molecule has 3 heteroatoms. The first-order chi connectivity index (χ1) is 4.74. The van der Waals surface area contributed by atoms with Gasteiger partial charge in [-0.1, -0.05) is 13.8 Å². The van der Waals surface area contributed by atoms with Gasteiger partial charge in [0.2, 0.25) is 0 Å². The summed E-state index contributed by atoms with van der Waals surface area (Å²) in [6, 6.07) is 2.09. The van der Waals surface area contributed by atoms with Crippen LogP contribution in [0.2, 0.25) is 0 Å². The van der Waals surface area contributed by atoms with Gasteiger partial charge < -0.3 is 0 Å². The van der Waals surface area contributed by atoms with E-state index in [-0.39, 0.29) is 0 Å². The van der Waals surface area contributed by atoms with Crippen molar-refractivity contribution in [1.29, 1.82) is 0 Å². The van der Waals surface area contributed by atoms with Crippen LogP contribution in [-0.2, 0) is 0 Å². The normalized spacial score (nSPS) is 10.8. The van der Waals surface area contributed by atoms with Crippen molar-refractivity contribution >= 4 is 11.8 Å². The van der Waals surface area contributed by atoms with Crippen LogP contribution in [0.5, 0.6) is 0 Å². The summed E-state index contributed by atoms with van der Waals surface area (Å²) in [4.78, 5) is 0. The average molecular weight is 156 g/mol. The zero-order valence-electron chi connectivity index (χ0n) is 6.51. The van der Waals surface area contributed by atoms with Crippen molar-refractivity contribution in [1.82, 2.24) is 10.2 Å². The van der Waals surface area contributed by atoms with Crippen LogP contribution in [0, 0.1) is 0 Å². The molecule has 0 aliphatic heterocycles. The van der Waals surface area contributed by atoms with E-state index in [0.717, 1.165) is 5.03 Å². The fraction of sp³-hybridized carbons (Fsp3) is 0.571. The van der Waals surface area contributed by atoms with E-state index in [1.54, 1.807) is 11.8 Å². The van der Waals surface area contributed by atoms with Crippen LogP contribution in [0.3, 0.4) is 0 Å². The van der Waals surface area contributed by atoms with Crippen molar-refractivity contribution in [3.05, 3.63) is 11.8 Å².